The van der Waals surface area contributed by atoms with Crippen LogP contribution in [0.4, 0.5) is 5.69 Å². The first-order chi connectivity index (χ1) is 15.9. The lowest BCUT2D eigenvalue weighted by atomic mass is 10.0. The molecule has 5 nitrogen and oxygen atoms in total. The number of aromatic nitrogens is 2. The molecule has 0 amide bonds. The van der Waals surface area contributed by atoms with E-state index in [2.05, 4.69) is 20.9 Å². The van der Waals surface area contributed by atoms with Crippen LogP contribution >= 0.6 is 35.4 Å². The second-order valence-electron chi connectivity index (χ2n) is 7.87. The summed E-state index contributed by atoms with van der Waals surface area (Å²) in [7, 11) is 0. The Bertz CT molecular complexity index is 1340. The van der Waals surface area contributed by atoms with Gasteiger partial charge in [0.1, 0.15) is 11.8 Å². The normalized spacial score (nSPS) is 17.9. The van der Waals surface area contributed by atoms with Crippen molar-refractivity contribution in [2.75, 3.05) is 4.90 Å². The molecule has 3 heterocycles. The predicted octanol–water partition coefficient (Wildman–Crippen LogP) is 6.37. The molecule has 2 aromatic carbocycles. The van der Waals surface area contributed by atoms with Crippen molar-refractivity contribution < 1.29 is 5.11 Å². The molecule has 5 rings (SSSR count). The molecular weight excluding hydrogens is 475 g/mol. The zero-order chi connectivity index (χ0) is 23.1. The van der Waals surface area contributed by atoms with Crippen LogP contribution in [-0.4, -0.2) is 19.8 Å². The van der Waals surface area contributed by atoms with Crippen LogP contribution in [0.25, 0.3) is 5.69 Å². The highest BCUT2D eigenvalue weighted by Gasteiger charge is 2.43. The van der Waals surface area contributed by atoms with Crippen LogP contribution in [0, 0.1) is 6.92 Å². The van der Waals surface area contributed by atoms with E-state index < -0.39 is 0 Å². The summed E-state index contributed by atoms with van der Waals surface area (Å²) >= 11 is 18.3. The third-order valence-electron chi connectivity index (χ3n) is 5.80. The van der Waals surface area contributed by atoms with Gasteiger partial charge in [-0.25, -0.2) is 0 Å². The summed E-state index contributed by atoms with van der Waals surface area (Å²) in [6, 6.07) is 20.2. The number of aryl methyl sites for hydroxylation is 1. The Labute approximate surface area is 207 Å². The summed E-state index contributed by atoms with van der Waals surface area (Å²) in [6.45, 7) is 1.98. The molecular formula is C25H20Cl2N4OS. The third-order valence-corrected chi connectivity index (χ3v) is 6.77. The summed E-state index contributed by atoms with van der Waals surface area (Å²) < 4.78 is 2.11. The molecule has 0 spiro atoms. The van der Waals surface area contributed by atoms with Crippen LogP contribution in [0.3, 0.4) is 0 Å². The zero-order valence-corrected chi connectivity index (χ0v) is 19.9. The van der Waals surface area contributed by atoms with E-state index in [0.29, 0.717) is 20.8 Å². The van der Waals surface area contributed by atoms with Crippen molar-refractivity contribution in [2.24, 2.45) is 0 Å². The van der Waals surface area contributed by atoms with Gasteiger partial charge in [0.05, 0.1) is 17.4 Å². The van der Waals surface area contributed by atoms with Crippen LogP contribution in [0.2, 0.25) is 10.0 Å². The van der Waals surface area contributed by atoms with E-state index in [1.165, 1.54) is 0 Å². The Hall–Kier alpha value is -3.06. The van der Waals surface area contributed by atoms with Crippen LogP contribution in [0.1, 0.15) is 29.0 Å². The Balaban J connectivity index is 1.70. The first-order valence-electron chi connectivity index (χ1n) is 10.4. The quantitative estimate of drug-likeness (QED) is 0.322. The SMILES string of the molecule is Cc1cc(-n2cccc2[C@H]2[C@@H](c3ccccn3)NC(=S)N2c2cc(Cl)ccc2O)ccc1Cl. The van der Waals surface area contributed by atoms with Crippen LogP contribution < -0.4 is 10.2 Å². The third kappa shape index (κ3) is 3.95. The Morgan fingerprint density at radius 3 is 2.64 bits per heavy atom. The Kier molecular flexibility index (Phi) is 5.74. The lowest BCUT2D eigenvalue weighted by Crippen LogP contribution is -2.30. The van der Waals surface area contributed by atoms with Crippen molar-refractivity contribution in [3.63, 3.8) is 0 Å². The number of nitrogens with one attached hydrogen (secondary N) is 1. The zero-order valence-electron chi connectivity index (χ0n) is 17.6. The van der Waals surface area contributed by atoms with Crippen molar-refractivity contribution in [2.45, 2.75) is 19.0 Å². The fourth-order valence-corrected chi connectivity index (χ4v) is 4.88. The van der Waals surface area contributed by atoms with Crippen molar-refractivity contribution in [1.82, 2.24) is 14.9 Å². The number of nitrogens with zero attached hydrogens (tertiary/aromatic N) is 3. The number of hydrogen-bond donors (Lipinski definition) is 2. The van der Waals surface area contributed by atoms with E-state index in [1.807, 2.05) is 60.5 Å². The summed E-state index contributed by atoms with van der Waals surface area (Å²) in [5.74, 6) is 0.0932. The van der Waals surface area contributed by atoms with Gasteiger partial charge in [0, 0.05) is 33.8 Å². The lowest BCUT2D eigenvalue weighted by Gasteiger charge is -2.29. The minimum Gasteiger partial charge on any atom is -0.506 e. The molecule has 4 aromatic rings. The molecule has 1 fully saturated rings. The van der Waals surface area contributed by atoms with Gasteiger partial charge in [0.2, 0.25) is 0 Å². The lowest BCUT2D eigenvalue weighted by molar-refractivity contribution is 0.472. The van der Waals surface area contributed by atoms with Crippen LogP contribution in [0.15, 0.2) is 79.1 Å². The van der Waals surface area contributed by atoms with Gasteiger partial charge in [0.15, 0.2) is 5.11 Å². The van der Waals surface area contributed by atoms with Gasteiger partial charge in [0.25, 0.3) is 0 Å². The molecule has 0 unspecified atom stereocenters. The molecule has 8 heteroatoms. The minimum absolute atomic E-state index is 0.0932. The van der Waals surface area contributed by atoms with Crippen molar-refractivity contribution in [1.29, 1.82) is 0 Å². The average molecular weight is 495 g/mol. The monoisotopic (exact) mass is 494 g/mol. The van der Waals surface area contributed by atoms with Crippen LogP contribution in [-0.2, 0) is 0 Å². The van der Waals surface area contributed by atoms with Crippen molar-refractivity contribution >= 4 is 46.2 Å². The second kappa shape index (κ2) is 8.71. The fraction of sp³-hybridized carbons (Fsp3) is 0.120. The molecule has 0 radical (unpaired) electrons. The molecule has 1 aliphatic rings. The van der Waals surface area contributed by atoms with Crippen LogP contribution in [0.5, 0.6) is 5.75 Å². The van der Waals surface area contributed by atoms with E-state index in [9.17, 15) is 5.11 Å². The second-order valence-corrected chi connectivity index (χ2v) is 9.10. The van der Waals surface area contributed by atoms with E-state index >= 15 is 0 Å². The number of pyridine rings is 1. The first-order valence-corrected chi connectivity index (χ1v) is 11.5. The van der Waals surface area contributed by atoms with E-state index in [1.54, 1.807) is 24.4 Å². The number of rotatable bonds is 4. The number of phenolic OH excluding ortho intramolecular Hbond substituents is 1. The molecule has 33 heavy (non-hydrogen) atoms. The topological polar surface area (TPSA) is 53.3 Å². The summed E-state index contributed by atoms with van der Waals surface area (Å²) in [5, 5.41) is 15.8. The maximum Gasteiger partial charge on any atom is 0.174 e. The Morgan fingerprint density at radius 2 is 1.88 bits per heavy atom. The highest BCUT2D eigenvalue weighted by atomic mass is 35.5. The number of anilines is 1. The van der Waals surface area contributed by atoms with E-state index in [0.717, 1.165) is 22.6 Å². The Morgan fingerprint density at radius 1 is 1.03 bits per heavy atom. The molecule has 166 valence electrons. The molecule has 1 saturated heterocycles. The number of phenols is 1. The van der Waals surface area contributed by atoms with Crippen molar-refractivity contribution in [3.8, 4) is 11.4 Å². The van der Waals surface area contributed by atoms with Crippen molar-refractivity contribution in [3.05, 3.63) is 106 Å². The maximum absolute atomic E-state index is 10.7. The van der Waals surface area contributed by atoms with Gasteiger partial charge >= 0.3 is 0 Å². The molecule has 0 bridgehead atoms. The van der Waals surface area contributed by atoms with Gasteiger partial charge in [-0.1, -0.05) is 29.3 Å². The standard InChI is InChI=1S/C25H20Cl2N4OS/c1-15-13-17(8-9-18(15)27)30-12-4-6-20(30)24-23(19-5-2-3-11-28-19)29-25(33)31(24)21-14-16(26)7-10-22(21)32/h2-14,23-24,32H,1H3,(H,29,33)/t23-,24+/m1/s1. The minimum atomic E-state index is -0.303. The van der Waals surface area contributed by atoms with Gasteiger partial charge in [-0.05, 0) is 85.4 Å². The van der Waals surface area contributed by atoms with Gasteiger partial charge < -0.3 is 19.9 Å². The highest BCUT2D eigenvalue weighted by molar-refractivity contribution is 7.80. The molecule has 2 N–H and O–H groups in total. The van der Waals surface area contributed by atoms with E-state index in [4.69, 9.17) is 35.4 Å². The summed E-state index contributed by atoms with van der Waals surface area (Å²) in [4.78, 5) is 6.49. The maximum atomic E-state index is 10.7. The number of hydrogen-bond acceptors (Lipinski definition) is 3. The largest absolute Gasteiger partial charge is 0.506 e. The molecule has 0 saturated carbocycles. The van der Waals surface area contributed by atoms with Gasteiger partial charge in [-0.2, -0.15) is 0 Å². The number of aromatic hydroxyl groups is 1. The van der Waals surface area contributed by atoms with E-state index in [-0.39, 0.29) is 17.8 Å². The number of halogens is 2. The first kappa shape index (κ1) is 21.8. The smallest absolute Gasteiger partial charge is 0.174 e. The van der Waals surface area contributed by atoms with Gasteiger partial charge in [-0.3, -0.25) is 4.98 Å². The van der Waals surface area contributed by atoms with Gasteiger partial charge in [-0.15, -0.1) is 0 Å². The highest BCUT2D eigenvalue weighted by Crippen LogP contribution is 2.45. The summed E-state index contributed by atoms with van der Waals surface area (Å²) in [5.41, 5.74) is 4.31. The summed E-state index contributed by atoms with van der Waals surface area (Å²) in [6.07, 6.45) is 3.77. The predicted molar refractivity (Wildman–Crippen MR) is 137 cm³/mol. The molecule has 2 aromatic heterocycles. The molecule has 2 atom stereocenters. The molecule has 1 aliphatic heterocycles. The number of benzene rings is 2. The average Bonchev–Trinajstić information content (AvgIpc) is 3.42. The number of thiocarbonyl (C=S) groups is 1. The fourth-order valence-electron chi connectivity index (χ4n) is 4.25. The molecule has 0 aliphatic carbocycles.